The van der Waals surface area contributed by atoms with E-state index in [0.717, 1.165) is 5.02 Å². The number of benzene rings is 1. The zero-order valence-electron chi connectivity index (χ0n) is 10.3. The molecule has 0 heterocycles. The number of nitrogens with two attached hydrogens (primary N) is 1. The third-order valence-corrected chi connectivity index (χ3v) is 4.04. The first-order valence-corrected chi connectivity index (χ1v) is 6.40. The van der Waals surface area contributed by atoms with Crippen LogP contribution in [-0.2, 0) is 5.41 Å². The Morgan fingerprint density at radius 3 is 2.25 bits per heavy atom. The fraction of sp³-hybridized carbons (Fsp3) is 0.571. The molecule has 0 radical (unpaired) electrons. The summed E-state index contributed by atoms with van der Waals surface area (Å²) in [4.78, 5) is 0. The van der Waals surface area contributed by atoms with Crippen molar-refractivity contribution in [2.45, 2.75) is 51.0 Å². The van der Waals surface area contributed by atoms with Gasteiger partial charge in [0.25, 0.3) is 0 Å². The molecule has 1 aromatic carbocycles. The van der Waals surface area contributed by atoms with Crippen molar-refractivity contribution in [2.24, 2.45) is 5.73 Å². The van der Waals surface area contributed by atoms with Crippen molar-refractivity contribution in [1.29, 1.82) is 0 Å². The van der Waals surface area contributed by atoms with Gasteiger partial charge in [-0.05, 0) is 48.9 Å². The quantitative estimate of drug-likeness (QED) is 0.849. The molecule has 0 bridgehead atoms. The molecule has 2 rings (SSSR count). The first-order valence-electron chi connectivity index (χ1n) is 6.02. The number of hydrogen-bond acceptors (Lipinski definition) is 1. The third kappa shape index (κ3) is 1.99. The predicted octanol–water partition coefficient (Wildman–Crippen LogP) is 3.84. The fourth-order valence-corrected chi connectivity index (χ4v) is 2.62. The summed E-state index contributed by atoms with van der Waals surface area (Å²) in [5, 5.41) is 0.841. The van der Waals surface area contributed by atoms with E-state index in [2.05, 4.69) is 39.0 Å². The highest BCUT2D eigenvalue weighted by atomic mass is 35.5. The van der Waals surface area contributed by atoms with Crippen LogP contribution in [0.4, 0.5) is 0 Å². The molecule has 16 heavy (non-hydrogen) atoms. The SMILES string of the molecule is CC(C)c1cc(Cl)cc(C2(C(C)N)CC2)c1. The predicted molar refractivity (Wildman–Crippen MR) is 70.1 cm³/mol. The second-order valence-corrected chi connectivity index (χ2v) is 5.81. The van der Waals surface area contributed by atoms with Crippen LogP contribution in [0.3, 0.4) is 0 Å². The van der Waals surface area contributed by atoms with Gasteiger partial charge in [-0.25, -0.2) is 0 Å². The lowest BCUT2D eigenvalue weighted by atomic mass is 9.87. The second kappa shape index (κ2) is 4.05. The molecule has 2 heteroatoms. The number of hydrogen-bond donors (Lipinski definition) is 1. The van der Waals surface area contributed by atoms with Crippen LogP contribution in [0.5, 0.6) is 0 Å². The molecule has 1 aliphatic carbocycles. The summed E-state index contributed by atoms with van der Waals surface area (Å²) in [5.74, 6) is 0.515. The maximum Gasteiger partial charge on any atom is 0.0411 e. The van der Waals surface area contributed by atoms with E-state index in [9.17, 15) is 0 Å². The molecule has 0 saturated heterocycles. The molecule has 1 nitrogen and oxygen atoms in total. The molecule has 0 aromatic heterocycles. The third-order valence-electron chi connectivity index (χ3n) is 3.82. The van der Waals surface area contributed by atoms with Crippen molar-refractivity contribution in [3.05, 3.63) is 34.3 Å². The maximum absolute atomic E-state index is 6.19. The molecule has 2 N–H and O–H groups in total. The standard InChI is InChI=1S/C14H20ClN/c1-9(2)11-6-12(8-13(15)7-11)14(4-5-14)10(3)16/h6-10H,4-5,16H2,1-3H3. The van der Waals surface area contributed by atoms with Crippen molar-refractivity contribution >= 4 is 11.6 Å². The summed E-state index contributed by atoms with van der Waals surface area (Å²) < 4.78 is 0. The first-order chi connectivity index (χ1) is 7.45. The van der Waals surface area contributed by atoms with E-state index in [1.807, 2.05) is 0 Å². The molecule has 88 valence electrons. The average molecular weight is 238 g/mol. The maximum atomic E-state index is 6.19. The zero-order chi connectivity index (χ0) is 11.9. The molecule has 1 aliphatic rings. The molecule has 1 atom stereocenters. The lowest BCUT2D eigenvalue weighted by Crippen LogP contribution is -2.31. The van der Waals surface area contributed by atoms with Gasteiger partial charge in [-0.15, -0.1) is 0 Å². The monoisotopic (exact) mass is 237 g/mol. The minimum atomic E-state index is 0.203. The van der Waals surface area contributed by atoms with E-state index in [1.54, 1.807) is 0 Å². The Labute approximate surface area is 103 Å². The molecular formula is C14H20ClN. The molecule has 0 aliphatic heterocycles. The van der Waals surface area contributed by atoms with Crippen LogP contribution < -0.4 is 5.73 Å². The highest BCUT2D eigenvalue weighted by Crippen LogP contribution is 2.51. The largest absolute Gasteiger partial charge is 0.327 e. The lowest BCUT2D eigenvalue weighted by Gasteiger charge is -2.22. The van der Waals surface area contributed by atoms with Crippen LogP contribution in [0.2, 0.25) is 5.02 Å². The van der Waals surface area contributed by atoms with Crippen LogP contribution in [0.25, 0.3) is 0 Å². The van der Waals surface area contributed by atoms with E-state index in [0.29, 0.717) is 5.92 Å². The smallest absolute Gasteiger partial charge is 0.0411 e. The Hall–Kier alpha value is -0.530. The fourth-order valence-electron chi connectivity index (χ4n) is 2.37. The Kier molecular flexibility index (Phi) is 3.02. The summed E-state index contributed by atoms with van der Waals surface area (Å²) in [5.41, 5.74) is 8.95. The van der Waals surface area contributed by atoms with Crippen molar-refractivity contribution in [2.75, 3.05) is 0 Å². The summed E-state index contributed by atoms with van der Waals surface area (Å²) in [7, 11) is 0. The molecule has 1 unspecified atom stereocenters. The van der Waals surface area contributed by atoms with E-state index in [1.165, 1.54) is 24.0 Å². The van der Waals surface area contributed by atoms with Gasteiger partial charge in [0, 0.05) is 16.5 Å². The Morgan fingerprint density at radius 1 is 1.19 bits per heavy atom. The summed E-state index contributed by atoms with van der Waals surface area (Å²) in [6.07, 6.45) is 2.39. The van der Waals surface area contributed by atoms with Gasteiger partial charge in [-0.3, -0.25) is 0 Å². The van der Waals surface area contributed by atoms with E-state index < -0.39 is 0 Å². The second-order valence-electron chi connectivity index (χ2n) is 5.37. The van der Waals surface area contributed by atoms with E-state index in [4.69, 9.17) is 17.3 Å². The molecule has 1 aromatic rings. The van der Waals surface area contributed by atoms with Gasteiger partial charge in [0.2, 0.25) is 0 Å². The van der Waals surface area contributed by atoms with Gasteiger partial charge in [0.05, 0.1) is 0 Å². The average Bonchev–Trinajstić information content (AvgIpc) is 2.97. The number of halogens is 1. The minimum Gasteiger partial charge on any atom is -0.327 e. The molecule has 0 spiro atoms. The van der Waals surface area contributed by atoms with Crippen LogP contribution in [0, 0.1) is 0 Å². The minimum absolute atomic E-state index is 0.203. The van der Waals surface area contributed by atoms with Crippen molar-refractivity contribution in [3.8, 4) is 0 Å². The molecule has 0 amide bonds. The zero-order valence-corrected chi connectivity index (χ0v) is 11.0. The summed E-state index contributed by atoms with van der Waals surface area (Å²) >= 11 is 6.19. The number of rotatable bonds is 3. The topological polar surface area (TPSA) is 26.0 Å². The van der Waals surface area contributed by atoms with Gasteiger partial charge in [0.1, 0.15) is 0 Å². The van der Waals surface area contributed by atoms with Crippen molar-refractivity contribution in [1.82, 2.24) is 0 Å². The van der Waals surface area contributed by atoms with Crippen LogP contribution in [0.15, 0.2) is 18.2 Å². The lowest BCUT2D eigenvalue weighted by molar-refractivity contribution is 0.555. The normalized spacial score (nSPS) is 19.9. The summed E-state index contributed by atoms with van der Waals surface area (Å²) in [6.45, 7) is 6.49. The van der Waals surface area contributed by atoms with Crippen molar-refractivity contribution in [3.63, 3.8) is 0 Å². The Bertz CT molecular complexity index is 392. The van der Waals surface area contributed by atoms with Gasteiger partial charge >= 0.3 is 0 Å². The van der Waals surface area contributed by atoms with Gasteiger partial charge in [-0.1, -0.05) is 31.5 Å². The Balaban J connectivity index is 2.42. The van der Waals surface area contributed by atoms with Crippen molar-refractivity contribution < 1.29 is 0 Å². The highest BCUT2D eigenvalue weighted by molar-refractivity contribution is 6.30. The van der Waals surface area contributed by atoms with Gasteiger partial charge < -0.3 is 5.73 Å². The molecular weight excluding hydrogens is 218 g/mol. The van der Waals surface area contributed by atoms with Gasteiger partial charge in [-0.2, -0.15) is 0 Å². The summed E-state index contributed by atoms with van der Waals surface area (Å²) in [6, 6.07) is 6.65. The van der Waals surface area contributed by atoms with Crippen LogP contribution in [0.1, 0.15) is 50.7 Å². The van der Waals surface area contributed by atoms with E-state index in [-0.39, 0.29) is 11.5 Å². The first kappa shape index (κ1) is 11.9. The molecule has 1 saturated carbocycles. The molecule has 1 fully saturated rings. The van der Waals surface area contributed by atoms with E-state index >= 15 is 0 Å². The van der Waals surface area contributed by atoms with Crippen LogP contribution in [-0.4, -0.2) is 6.04 Å². The van der Waals surface area contributed by atoms with Gasteiger partial charge in [0.15, 0.2) is 0 Å². The highest BCUT2D eigenvalue weighted by Gasteiger charge is 2.47. The Morgan fingerprint density at radius 2 is 1.81 bits per heavy atom. The van der Waals surface area contributed by atoms with Crippen LogP contribution >= 0.6 is 11.6 Å².